The van der Waals surface area contributed by atoms with E-state index in [1.54, 1.807) is 9.80 Å². The monoisotopic (exact) mass is 352 g/mol. The Hall–Kier alpha value is -1.89. The first-order chi connectivity index (χ1) is 12.0. The fourth-order valence-corrected chi connectivity index (χ4v) is 3.64. The highest BCUT2D eigenvalue weighted by Gasteiger charge is 2.31. The maximum Gasteiger partial charge on any atom is 0.317 e. The molecule has 2 atom stereocenters. The summed E-state index contributed by atoms with van der Waals surface area (Å²) in [5.41, 5.74) is 0.267. The predicted octanol–water partition coefficient (Wildman–Crippen LogP) is 2.14. The molecule has 2 amide bonds. The van der Waals surface area contributed by atoms with E-state index < -0.39 is 11.6 Å². The van der Waals surface area contributed by atoms with Crippen molar-refractivity contribution in [3.05, 3.63) is 29.8 Å². The number of urea groups is 1. The van der Waals surface area contributed by atoms with Crippen LogP contribution in [0.3, 0.4) is 0 Å². The van der Waals surface area contributed by atoms with Gasteiger partial charge in [-0.2, -0.15) is 0 Å². The molecule has 0 spiro atoms. The van der Waals surface area contributed by atoms with Gasteiger partial charge in [0.05, 0.1) is 5.69 Å². The average molecular weight is 352 g/mol. The third kappa shape index (κ3) is 4.03. The molecule has 7 heteroatoms. The number of hydrogen-bond donors (Lipinski definition) is 1. The van der Waals surface area contributed by atoms with Crippen molar-refractivity contribution in [1.29, 1.82) is 0 Å². The molecule has 0 radical (unpaired) electrons. The largest absolute Gasteiger partial charge is 0.366 e. The maximum absolute atomic E-state index is 13.9. The number of amides is 2. The molecule has 138 valence electrons. The average Bonchev–Trinajstić information content (AvgIpc) is 2.97. The number of benzene rings is 1. The minimum Gasteiger partial charge on any atom is -0.366 e. The Morgan fingerprint density at radius 2 is 1.92 bits per heavy atom. The van der Waals surface area contributed by atoms with Gasteiger partial charge in [-0.3, -0.25) is 0 Å². The molecule has 0 saturated carbocycles. The van der Waals surface area contributed by atoms with Gasteiger partial charge in [-0.15, -0.1) is 0 Å². The van der Waals surface area contributed by atoms with Crippen LogP contribution in [0.15, 0.2) is 18.2 Å². The fraction of sp³-hybridized carbons (Fsp3) is 0.611. The lowest BCUT2D eigenvalue weighted by Crippen LogP contribution is -2.54. The summed E-state index contributed by atoms with van der Waals surface area (Å²) in [6.45, 7) is 9.17. The van der Waals surface area contributed by atoms with Crippen LogP contribution < -0.4 is 10.2 Å². The normalized spacial score (nSPS) is 24.6. The number of halogens is 2. The molecular formula is C18H26F2N4O. The van der Waals surface area contributed by atoms with Gasteiger partial charge in [0.1, 0.15) is 11.6 Å². The number of carbonyl (C=O) groups excluding carboxylic acids is 1. The van der Waals surface area contributed by atoms with E-state index in [0.717, 1.165) is 31.8 Å². The summed E-state index contributed by atoms with van der Waals surface area (Å²) in [6.07, 6.45) is 0. The van der Waals surface area contributed by atoms with Crippen molar-refractivity contribution < 1.29 is 13.6 Å². The number of anilines is 1. The molecule has 0 aliphatic carbocycles. The van der Waals surface area contributed by atoms with Crippen LogP contribution in [0.1, 0.15) is 13.8 Å². The Bertz CT molecular complexity index is 619. The van der Waals surface area contributed by atoms with Gasteiger partial charge in [0.25, 0.3) is 0 Å². The second-order valence-corrected chi connectivity index (χ2v) is 6.96. The minimum atomic E-state index is -0.452. The molecule has 2 aliphatic heterocycles. The van der Waals surface area contributed by atoms with E-state index in [9.17, 15) is 13.6 Å². The highest BCUT2D eigenvalue weighted by atomic mass is 19.1. The molecule has 3 rings (SSSR count). The predicted molar refractivity (Wildman–Crippen MR) is 93.7 cm³/mol. The van der Waals surface area contributed by atoms with Crippen LogP contribution >= 0.6 is 0 Å². The van der Waals surface area contributed by atoms with Gasteiger partial charge in [-0.1, -0.05) is 13.8 Å². The summed E-state index contributed by atoms with van der Waals surface area (Å²) >= 11 is 0. The zero-order valence-electron chi connectivity index (χ0n) is 14.8. The van der Waals surface area contributed by atoms with Crippen molar-refractivity contribution in [3.8, 4) is 0 Å². The van der Waals surface area contributed by atoms with Crippen molar-refractivity contribution in [2.24, 2.45) is 5.92 Å². The van der Waals surface area contributed by atoms with Crippen LogP contribution in [0.4, 0.5) is 19.3 Å². The summed E-state index contributed by atoms with van der Waals surface area (Å²) in [6, 6.07) is 3.58. The maximum atomic E-state index is 13.9. The molecule has 0 bridgehead atoms. The summed E-state index contributed by atoms with van der Waals surface area (Å²) in [5.74, 6) is -0.447. The number of nitrogens with zero attached hydrogens (tertiary/aromatic N) is 3. The number of nitrogens with one attached hydrogen (secondary N) is 1. The number of rotatable bonds is 3. The summed E-state index contributed by atoms with van der Waals surface area (Å²) < 4.78 is 27.2. The minimum absolute atomic E-state index is 0.0610. The van der Waals surface area contributed by atoms with Crippen LogP contribution in [-0.4, -0.2) is 67.7 Å². The number of carbonyl (C=O) groups is 1. The standard InChI is InChI=1S/C18H26F2N4O/c1-3-22-11-13(2)16(12-22)21-18(25)24-8-6-23(7-9-24)17-10-14(19)4-5-15(17)20/h4-5,10,13,16H,3,6-9,11-12H2,1-2H3,(H,21,25). The van der Waals surface area contributed by atoms with E-state index in [2.05, 4.69) is 24.1 Å². The van der Waals surface area contributed by atoms with Gasteiger partial charge >= 0.3 is 6.03 Å². The van der Waals surface area contributed by atoms with Gasteiger partial charge in [0, 0.05) is 51.4 Å². The molecule has 2 heterocycles. The zero-order chi connectivity index (χ0) is 18.0. The highest BCUT2D eigenvalue weighted by Crippen LogP contribution is 2.22. The van der Waals surface area contributed by atoms with Gasteiger partial charge in [0.2, 0.25) is 0 Å². The Morgan fingerprint density at radius 1 is 1.20 bits per heavy atom. The van der Waals surface area contributed by atoms with Crippen LogP contribution in [0, 0.1) is 17.6 Å². The molecule has 2 aliphatic rings. The van der Waals surface area contributed by atoms with E-state index in [1.807, 2.05) is 0 Å². The fourth-order valence-electron chi connectivity index (χ4n) is 3.64. The molecule has 0 aromatic heterocycles. The number of likely N-dealkylation sites (tertiary alicyclic amines) is 1. The van der Waals surface area contributed by atoms with Crippen molar-refractivity contribution in [3.63, 3.8) is 0 Å². The Balaban J connectivity index is 1.53. The summed E-state index contributed by atoms with van der Waals surface area (Å²) in [5, 5.41) is 3.13. The zero-order valence-corrected chi connectivity index (χ0v) is 14.8. The van der Waals surface area contributed by atoms with Gasteiger partial charge in [-0.05, 0) is 24.6 Å². The molecule has 25 heavy (non-hydrogen) atoms. The second kappa shape index (κ2) is 7.56. The molecule has 1 aromatic carbocycles. The first kappa shape index (κ1) is 17.9. The lowest BCUT2D eigenvalue weighted by atomic mass is 10.1. The molecule has 2 unspecified atom stereocenters. The van der Waals surface area contributed by atoms with E-state index in [4.69, 9.17) is 0 Å². The lowest BCUT2D eigenvalue weighted by molar-refractivity contribution is 0.188. The Kier molecular flexibility index (Phi) is 5.42. The van der Waals surface area contributed by atoms with Gasteiger partial charge in [0.15, 0.2) is 0 Å². The van der Waals surface area contributed by atoms with Crippen LogP contribution in [0.25, 0.3) is 0 Å². The lowest BCUT2D eigenvalue weighted by Gasteiger charge is -2.36. The highest BCUT2D eigenvalue weighted by molar-refractivity contribution is 5.75. The van der Waals surface area contributed by atoms with E-state index >= 15 is 0 Å². The molecule has 2 fully saturated rings. The van der Waals surface area contributed by atoms with Crippen molar-refractivity contribution in [2.45, 2.75) is 19.9 Å². The van der Waals surface area contributed by atoms with Gasteiger partial charge in [-0.25, -0.2) is 13.6 Å². The van der Waals surface area contributed by atoms with Crippen LogP contribution in [0.2, 0.25) is 0 Å². The molecule has 1 aromatic rings. The van der Waals surface area contributed by atoms with Crippen LogP contribution in [-0.2, 0) is 0 Å². The SMILES string of the molecule is CCN1CC(C)C(NC(=O)N2CCN(c3cc(F)ccc3F)CC2)C1. The molecular weight excluding hydrogens is 326 g/mol. The van der Waals surface area contributed by atoms with E-state index in [-0.39, 0.29) is 17.8 Å². The number of likely N-dealkylation sites (N-methyl/N-ethyl adjacent to an activating group) is 1. The van der Waals surface area contributed by atoms with E-state index in [0.29, 0.717) is 32.1 Å². The quantitative estimate of drug-likeness (QED) is 0.906. The van der Waals surface area contributed by atoms with Crippen LogP contribution in [0.5, 0.6) is 0 Å². The third-order valence-electron chi connectivity index (χ3n) is 5.26. The number of hydrogen-bond acceptors (Lipinski definition) is 3. The Morgan fingerprint density at radius 3 is 2.56 bits per heavy atom. The van der Waals surface area contributed by atoms with Crippen molar-refractivity contribution in [2.75, 3.05) is 50.7 Å². The van der Waals surface area contributed by atoms with E-state index in [1.165, 1.54) is 6.07 Å². The Labute approximate surface area is 147 Å². The molecule has 5 nitrogen and oxygen atoms in total. The third-order valence-corrected chi connectivity index (χ3v) is 5.26. The first-order valence-electron chi connectivity index (χ1n) is 8.95. The smallest absolute Gasteiger partial charge is 0.317 e. The topological polar surface area (TPSA) is 38.8 Å². The molecule has 2 saturated heterocycles. The number of piperazine rings is 1. The first-order valence-corrected chi connectivity index (χ1v) is 8.95. The second-order valence-electron chi connectivity index (χ2n) is 6.96. The summed E-state index contributed by atoms with van der Waals surface area (Å²) in [4.78, 5) is 18.4. The van der Waals surface area contributed by atoms with Crippen molar-refractivity contribution in [1.82, 2.24) is 15.1 Å². The van der Waals surface area contributed by atoms with Crippen molar-refractivity contribution >= 4 is 11.7 Å². The summed E-state index contributed by atoms with van der Waals surface area (Å²) in [7, 11) is 0. The van der Waals surface area contributed by atoms with Gasteiger partial charge < -0.3 is 20.0 Å². The molecule has 1 N–H and O–H groups in total.